The van der Waals surface area contributed by atoms with E-state index in [1.165, 1.54) is 16.7 Å². The number of halogens is 3. The molecule has 2 nitrogen and oxygen atoms in total. The molecular weight excluding hydrogens is 433 g/mol. The summed E-state index contributed by atoms with van der Waals surface area (Å²) < 4.78 is 27.8. The third-order valence-corrected chi connectivity index (χ3v) is 5.60. The SMILES string of the molecule is Nc1cc(F)c(I)c(F)c1NCC1c2ccc(-c3ccccc3)c1c2. The van der Waals surface area contributed by atoms with Crippen LogP contribution in [0.15, 0.2) is 65.8 Å². The van der Waals surface area contributed by atoms with E-state index in [1.54, 1.807) is 22.6 Å². The van der Waals surface area contributed by atoms with E-state index in [9.17, 15) is 8.78 Å². The molecule has 1 atom stereocenters. The molecule has 2 aliphatic carbocycles. The lowest BCUT2D eigenvalue weighted by atomic mass is 9.70. The van der Waals surface area contributed by atoms with Gasteiger partial charge < -0.3 is 11.1 Å². The topological polar surface area (TPSA) is 38.0 Å². The minimum atomic E-state index is -0.638. The summed E-state index contributed by atoms with van der Waals surface area (Å²) >= 11 is 1.65. The Kier molecular flexibility index (Phi) is 4.11. The Hall–Kier alpha value is -2.15. The first-order valence-electron chi connectivity index (χ1n) is 7.92. The maximum atomic E-state index is 14.3. The monoisotopic (exact) mass is 448 g/mol. The molecule has 5 heteroatoms. The highest BCUT2D eigenvalue weighted by molar-refractivity contribution is 14.1. The van der Waals surface area contributed by atoms with Gasteiger partial charge in [-0.15, -0.1) is 0 Å². The van der Waals surface area contributed by atoms with Gasteiger partial charge in [-0.3, -0.25) is 0 Å². The molecule has 2 bridgehead atoms. The number of nitrogens with two attached hydrogens (primary N) is 1. The maximum Gasteiger partial charge on any atom is 0.164 e. The van der Waals surface area contributed by atoms with Crippen LogP contribution in [0.3, 0.4) is 0 Å². The average molecular weight is 448 g/mol. The fourth-order valence-electron chi connectivity index (χ4n) is 3.28. The number of hydrogen-bond acceptors (Lipinski definition) is 2. The normalized spacial score (nSPS) is 18.0. The molecule has 0 radical (unpaired) electrons. The van der Waals surface area contributed by atoms with Crippen molar-refractivity contribution in [3.8, 4) is 0 Å². The number of fused-ring (bicyclic) bond motifs is 2. The third kappa shape index (κ3) is 2.76. The molecule has 25 heavy (non-hydrogen) atoms. The number of rotatable bonds is 4. The molecule has 126 valence electrons. The number of anilines is 2. The summed E-state index contributed by atoms with van der Waals surface area (Å²) in [5, 5.41) is 3.07. The Labute approximate surface area is 158 Å². The predicted octanol–water partition coefficient (Wildman–Crippen LogP) is 5.14. The van der Waals surface area contributed by atoms with E-state index in [1.807, 2.05) is 18.2 Å². The molecule has 0 heterocycles. The second-order valence-electron chi connectivity index (χ2n) is 6.10. The van der Waals surface area contributed by atoms with Crippen molar-refractivity contribution in [1.29, 1.82) is 0 Å². The van der Waals surface area contributed by atoms with E-state index >= 15 is 0 Å². The van der Waals surface area contributed by atoms with Crippen molar-refractivity contribution in [1.82, 2.24) is 0 Å². The van der Waals surface area contributed by atoms with E-state index in [0.717, 1.165) is 11.6 Å². The molecule has 0 spiro atoms. The highest BCUT2D eigenvalue weighted by Crippen LogP contribution is 2.45. The van der Waals surface area contributed by atoms with Crippen molar-refractivity contribution < 1.29 is 8.78 Å². The van der Waals surface area contributed by atoms with E-state index in [4.69, 9.17) is 5.73 Å². The third-order valence-electron chi connectivity index (χ3n) is 4.61. The molecule has 2 aromatic rings. The van der Waals surface area contributed by atoms with Crippen LogP contribution in [0.4, 0.5) is 20.2 Å². The predicted molar refractivity (Wildman–Crippen MR) is 106 cm³/mol. The number of nitrogen functional groups attached to an aromatic ring is 1. The Morgan fingerprint density at radius 2 is 1.88 bits per heavy atom. The van der Waals surface area contributed by atoms with Gasteiger partial charge in [-0.2, -0.15) is 0 Å². The summed E-state index contributed by atoms with van der Waals surface area (Å²) in [6, 6.07) is 11.3. The summed E-state index contributed by atoms with van der Waals surface area (Å²) in [6.07, 6.45) is 6.37. The van der Waals surface area contributed by atoms with E-state index in [-0.39, 0.29) is 20.9 Å². The van der Waals surface area contributed by atoms with Crippen molar-refractivity contribution in [2.45, 2.75) is 0 Å². The minimum Gasteiger partial charge on any atom is -0.397 e. The number of allylic oxidation sites excluding steroid dienone is 4. The van der Waals surface area contributed by atoms with Crippen LogP contribution < -0.4 is 11.1 Å². The molecule has 0 amide bonds. The molecule has 0 saturated carbocycles. The molecule has 0 aromatic heterocycles. The standard InChI is InChI=1S/C20H15F2IN2/c21-16-9-17(24)20(18(22)19(16)23)25-10-15-12-6-7-13(14(15)8-12)11-4-2-1-3-5-11/h1-9,15,25H,10,24H2. The zero-order valence-electron chi connectivity index (χ0n) is 13.2. The second kappa shape index (κ2) is 6.29. The zero-order valence-corrected chi connectivity index (χ0v) is 15.3. The van der Waals surface area contributed by atoms with Crippen LogP contribution >= 0.6 is 22.6 Å². The van der Waals surface area contributed by atoms with Gasteiger partial charge in [0, 0.05) is 18.5 Å². The van der Waals surface area contributed by atoms with Crippen LogP contribution in [-0.2, 0) is 0 Å². The molecule has 4 rings (SSSR count). The molecule has 2 aromatic carbocycles. The fraction of sp³-hybridized carbons (Fsp3) is 0.100. The molecule has 3 N–H and O–H groups in total. The molecular formula is C20H15F2IN2. The van der Waals surface area contributed by atoms with E-state index in [2.05, 4.69) is 35.7 Å². The highest BCUT2D eigenvalue weighted by Gasteiger charge is 2.32. The maximum absolute atomic E-state index is 14.3. The van der Waals surface area contributed by atoms with Crippen LogP contribution in [0.1, 0.15) is 5.56 Å². The number of nitrogens with one attached hydrogen (secondary N) is 1. The Balaban J connectivity index is 1.54. The minimum absolute atomic E-state index is 0.0496. The molecule has 0 fully saturated rings. The van der Waals surface area contributed by atoms with Gasteiger partial charge in [0.1, 0.15) is 5.82 Å². The van der Waals surface area contributed by atoms with E-state index < -0.39 is 11.6 Å². The number of hydrogen-bond donors (Lipinski definition) is 2. The van der Waals surface area contributed by atoms with Gasteiger partial charge in [-0.05, 0) is 44.9 Å². The van der Waals surface area contributed by atoms with Crippen molar-refractivity contribution in [2.75, 3.05) is 17.6 Å². The van der Waals surface area contributed by atoms with Crippen LogP contribution in [0, 0.1) is 21.1 Å². The van der Waals surface area contributed by atoms with Crippen LogP contribution in [0.2, 0.25) is 0 Å². The first-order valence-corrected chi connectivity index (χ1v) is 9.00. The Bertz CT molecular complexity index is 943. The van der Waals surface area contributed by atoms with Gasteiger partial charge in [-0.1, -0.05) is 48.6 Å². The average Bonchev–Trinajstić information content (AvgIpc) is 2.63. The smallest absolute Gasteiger partial charge is 0.164 e. The van der Waals surface area contributed by atoms with Gasteiger partial charge >= 0.3 is 0 Å². The van der Waals surface area contributed by atoms with Gasteiger partial charge in [0.15, 0.2) is 5.82 Å². The van der Waals surface area contributed by atoms with Gasteiger partial charge in [0.25, 0.3) is 0 Å². The van der Waals surface area contributed by atoms with Gasteiger partial charge in [-0.25, -0.2) is 8.78 Å². The molecule has 0 saturated heterocycles. The van der Waals surface area contributed by atoms with E-state index in [0.29, 0.717) is 6.54 Å². The second-order valence-corrected chi connectivity index (χ2v) is 7.18. The van der Waals surface area contributed by atoms with Crippen molar-refractivity contribution in [3.63, 3.8) is 0 Å². The van der Waals surface area contributed by atoms with Crippen molar-refractivity contribution >= 4 is 39.5 Å². The van der Waals surface area contributed by atoms with Crippen molar-refractivity contribution in [3.05, 3.63) is 86.5 Å². The quantitative estimate of drug-likeness (QED) is 0.386. The lowest BCUT2D eigenvalue weighted by Gasteiger charge is -2.36. The summed E-state index contributed by atoms with van der Waals surface area (Å²) in [7, 11) is 0. The largest absolute Gasteiger partial charge is 0.397 e. The van der Waals surface area contributed by atoms with Crippen LogP contribution in [0.5, 0.6) is 0 Å². The zero-order chi connectivity index (χ0) is 17.6. The Morgan fingerprint density at radius 3 is 2.60 bits per heavy atom. The lowest BCUT2D eigenvalue weighted by molar-refractivity contribution is 0.572. The van der Waals surface area contributed by atoms with Crippen LogP contribution in [-0.4, -0.2) is 6.54 Å². The Morgan fingerprint density at radius 1 is 1.12 bits per heavy atom. The first-order chi connectivity index (χ1) is 12.1. The molecule has 0 aliphatic heterocycles. The number of benzene rings is 2. The summed E-state index contributed by atoms with van der Waals surface area (Å²) in [5.74, 6) is -1.09. The highest BCUT2D eigenvalue weighted by atomic mass is 127. The summed E-state index contributed by atoms with van der Waals surface area (Å²) in [4.78, 5) is 0. The summed E-state index contributed by atoms with van der Waals surface area (Å²) in [5.41, 5.74) is 10.8. The van der Waals surface area contributed by atoms with Gasteiger partial charge in [0.2, 0.25) is 0 Å². The van der Waals surface area contributed by atoms with Crippen molar-refractivity contribution in [2.24, 2.45) is 5.92 Å². The molecule has 1 unspecified atom stereocenters. The van der Waals surface area contributed by atoms with Crippen LogP contribution in [0.25, 0.3) is 5.57 Å². The fourth-order valence-corrected chi connectivity index (χ4v) is 3.70. The first kappa shape index (κ1) is 16.3. The lowest BCUT2D eigenvalue weighted by Crippen LogP contribution is -2.28. The van der Waals surface area contributed by atoms with Gasteiger partial charge in [0.05, 0.1) is 14.9 Å². The molecule has 2 aliphatic rings. The summed E-state index contributed by atoms with van der Waals surface area (Å²) in [6.45, 7) is 0.519.